The van der Waals surface area contributed by atoms with E-state index in [4.69, 9.17) is 9.47 Å². The molecule has 302 valence electrons. The van der Waals surface area contributed by atoms with Crippen LogP contribution >= 0.6 is 0 Å². The van der Waals surface area contributed by atoms with E-state index in [-0.39, 0.29) is 43.0 Å². The summed E-state index contributed by atoms with van der Waals surface area (Å²) in [4.78, 5) is 36.9. The normalized spacial score (nSPS) is 19.4. The average Bonchev–Trinajstić information content (AvgIpc) is 3.40. The topological polar surface area (TPSA) is 130 Å². The summed E-state index contributed by atoms with van der Waals surface area (Å²) in [6, 6.07) is 0. The maximum atomic E-state index is 12.5. The third-order valence-electron chi connectivity index (χ3n) is 10.7. The summed E-state index contributed by atoms with van der Waals surface area (Å²) in [6.07, 6.45) is 31.6. The molecule has 8 heteroatoms. The van der Waals surface area contributed by atoms with E-state index in [1.54, 1.807) is 12.2 Å². The first-order valence-corrected chi connectivity index (χ1v) is 21.4. The van der Waals surface area contributed by atoms with Crippen LogP contribution in [-0.4, -0.2) is 64.6 Å². The van der Waals surface area contributed by atoms with Crippen molar-refractivity contribution in [3.05, 3.63) is 24.3 Å². The van der Waals surface area contributed by atoms with E-state index in [9.17, 15) is 29.7 Å². The molecule has 0 radical (unpaired) electrons. The average molecular weight is 735 g/mol. The zero-order valence-corrected chi connectivity index (χ0v) is 33.5. The fraction of sp³-hybridized carbons (Fsp3) is 0.841. The minimum Gasteiger partial charge on any atom is -0.462 e. The molecule has 0 aromatic rings. The number of esters is 2. The highest BCUT2D eigenvalue weighted by Gasteiger charge is 2.39. The Kier molecular flexibility index (Phi) is 29.9. The molecular formula is C44H78O8. The fourth-order valence-corrected chi connectivity index (χ4v) is 6.92. The standard InChI is InChI=1S/C44H78O8/c1-4-6-21-27-37(46)31-32-40-39(41(47)33-42(40)48)28-23-19-20-25-30-44(50)52-38(34-45)35-51-43(49)29-24-18-16-14-12-10-8-7-9-11-13-15-17-22-26-36(3)5-2/h19,23,31-32,36-40,42,45-46,48H,4-18,20-22,24-30,33-35H2,1-3H3/b23-19-,32-31+/t36?,37-,38-,39+,40+,42+/m0/s1. The Bertz CT molecular complexity index is 962. The molecule has 1 aliphatic rings. The molecule has 8 nitrogen and oxygen atoms in total. The first kappa shape index (κ1) is 48.0. The molecule has 1 fully saturated rings. The maximum absolute atomic E-state index is 12.5. The van der Waals surface area contributed by atoms with Gasteiger partial charge in [-0.3, -0.25) is 14.4 Å². The number of Topliss-reactive ketones (excluding diaryl/α,β-unsaturated/α-hetero) is 1. The monoisotopic (exact) mass is 735 g/mol. The Labute approximate surface area is 317 Å². The minimum absolute atomic E-state index is 0.0293. The van der Waals surface area contributed by atoms with Gasteiger partial charge in [0.1, 0.15) is 12.4 Å². The molecular weight excluding hydrogens is 656 g/mol. The number of allylic oxidation sites excluding steroid dienone is 2. The lowest BCUT2D eigenvalue weighted by Crippen LogP contribution is -2.28. The minimum atomic E-state index is -0.874. The number of hydrogen-bond donors (Lipinski definition) is 3. The van der Waals surface area contributed by atoms with Gasteiger partial charge in [-0.1, -0.05) is 161 Å². The zero-order valence-electron chi connectivity index (χ0n) is 33.5. The van der Waals surface area contributed by atoms with Crippen molar-refractivity contribution in [2.45, 2.75) is 206 Å². The summed E-state index contributed by atoms with van der Waals surface area (Å²) in [7, 11) is 0. The van der Waals surface area contributed by atoms with Crippen molar-refractivity contribution in [2.75, 3.05) is 13.2 Å². The highest BCUT2D eigenvalue weighted by atomic mass is 16.6. The van der Waals surface area contributed by atoms with Gasteiger partial charge in [0.2, 0.25) is 0 Å². The fourth-order valence-electron chi connectivity index (χ4n) is 6.92. The van der Waals surface area contributed by atoms with Gasteiger partial charge < -0.3 is 24.8 Å². The van der Waals surface area contributed by atoms with Crippen LogP contribution in [-0.2, 0) is 23.9 Å². The lowest BCUT2D eigenvalue weighted by Gasteiger charge is -2.16. The molecule has 3 N–H and O–H groups in total. The predicted octanol–water partition coefficient (Wildman–Crippen LogP) is 9.90. The first-order chi connectivity index (χ1) is 25.2. The highest BCUT2D eigenvalue weighted by molar-refractivity contribution is 5.84. The van der Waals surface area contributed by atoms with Gasteiger partial charge in [-0.05, 0) is 38.0 Å². The summed E-state index contributed by atoms with van der Waals surface area (Å²) >= 11 is 0. The van der Waals surface area contributed by atoms with Crippen molar-refractivity contribution in [3.63, 3.8) is 0 Å². The largest absolute Gasteiger partial charge is 0.462 e. The van der Waals surface area contributed by atoms with Crippen molar-refractivity contribution in [2.24, 2.45) is 17.8 Å². The summed E-state index contributed by atoms with van der Waals surface area (Å²) < 4.78 is 10.6. The lowest BCUT2D eigenvalue weighted by atomic mass is 9.90. The summed E-state index contributed by atoms with van der Waals surface area (Å²) in [6.45, 7) is 6.20. The molecule has 0 amide bonds. The van der Waals surface area contributed by atoms with Gasteiger partial charge in [0.15, 0.2) is 6.10 Å². The van der Waals surface area contributed by atoms with Gasteiger partial charge in [0.05, 0.1) is 18.8 Å². The molecule has 0 heterocycles. The molecule has 52 heavy (non-hydrogen) atoms. The third kappa shape index (κ3) is 25.1. The first-order valence-electron chi connectivity index (χ1n) is 21.4. The van der Waals surface area contributed by atoms with Crippen LogP contribution in [0.2, 0.25) is 0 Å². The van der Waals surface area contributed by atoms with E-state index in [1.165, 1.54) is 83.5 Å². The molecule has 1 saturated carbocycles. The Morgan fingerprint density at radius 1 is 0.788 bits per heavy atom. The van der Waals surface area contributed by atoms with Crippen molar-refractivity contribution >= 4 is 17.7 Å². The molecule has 0 aliphatic heterocycles. The van der Waals surface area contributed by atoms with Gasteiger partial charge in [-0.25, -0.2) is 0 Å². The number of ketones is 1. The maximum Gasteiger partial charge on any atom is 0.306 e. The molecule has 0 saturated heterocycles. The van der Waals surface area contributed by atoms with Crippen LogP contribution in [0.3, 0.4) is 0 Å². The van der Waals surface area contributed by atoms with E-state index in [1.807, 2.05) is 12.2 Å². The van der Waals surface area contributed by atoms with Crippen LogP contribution in [0.4, 0.5) is 0 Å². The van der Waals surface area contributed by atoms with Crippen molar-refractivity contribution in [1.29, 1.82) is 0 Å². The van der Waals surface area contributed by atoms with Crippen LogP contribution in [0.1, 0.15) is 188 Å². The van der Waals surface area contributed by atoms with Crippen molar-refractivity contribution < 1.29 is 39.2 Å². The van der Waals surface area contributed by atoms with Crippen LogP contribution in [0, 0.1) is 17.8 Å². The van der Waals surface area contributed by atoms with Gasteiger partial charge >= 0.3 is 11.9 Å². The number of rotatable bonds is 34. The summed E-state index contributed by atoms with van der Waals surface area (Å²) in [5.74, 6) is -0.492. The van der Waals surface area contributed by atoms with E-state index < -0.39 is 30.9 Å². The second-order valence-electron chi connectivity index (χ2n) is 15.4. The van der Waals surface area contributed by atoms with E-state index in [2.05, 4.69) is 20.8 Å². The van der Waals surface area contributed by atoms with Crippen LogP contribution < -0.4 is 0 Å². The van der Waals surface area contributed by atoms with E-state index >= 15 is 0 Å². The molecule has 0 aromatic heterocycles. The quantitative estimate of drug-likeness (QED) is 0.0338. The number of aliphatic hydroxyl groups excluding tert-OH is 3. The molecule has 0 bridgehead atoms. The van der Waals surface area contributed by atoms with E-state index in [0.29, 0.717) is 32.1 Å². The van der Waals surface area contributed by atoms with Crippen LogP contribution in [0.5, 0.6) is 0 Å². The van der Waals surface area contributed by atoms with Gasteiger partial charge in [0, 0.05) is 31.1 Å². The number of aliphatic hydroxyl groups is 3. The molecule has 1 unspecified atom stereocenters. The number of carbonyl (C=O) groups excluding carboxylic acids is 3. The summed E-state index contributed by atoms with van der Waals surface area (Å²) in [5, 5.41) is 30.2. The second-order valence-corrected chi connectivity index (χ2v) is 15.4. The van der Waals surface area contributed by atoms with Gasteiger partial charge in [-0.2, -0.15) is 0 Å². The molecule has 6 atom stereocenters. The molecule has 0 aromatic carbocycles. The highest BCUT2D eigenvalue weighted by Crippen LogP contribution is 2.33. The SMILES string of the molecule is CCCCC[C@H](O)/C=C/[C@H]1[C@H](O)CC(=O)[C@@H]1C/C=C\CCCC(=O)O[C@@H](CO)COC(=O)CCCCCCCCCCCCCCCCC(C)CC. The van der Waals surface area contributed by atoms with Gasteiger partial charge in [0.25, 0.3) is 0 Å². The Hall–Kier alpha value is -2.03. The Morgan fingerprint density at radius 3 is 1.96 bits per heavy atom. The third-order valence-corrected chi connectivity index (χ3v) is 10.7. The molecule has 1 aliphatic carbocycles. The Morgan fingerprint density at radius 2 is 1.37 bits per heavy atom. The number of hydrogen-bond acceptors (Lipinski definition) is 8. The summed E-state index contributed by atoms with van der Waals surface area (Å²) in [5.41, 5.74) is 0. The Balaban J connectivity index is 2.07. The number of unbranched alkanes of at least 4 members (excludes halogenated alkanes) is 16. The van der Waals surface area contributed by atoms with Gasteiger partial charge in [-0.15, -0.1) is 0 Å². The lowest BCUT2D eigenvalue weighted by molar-refractivity contribution is -0.161. The van der Waals surface area contributed by atoms with Crippen LogP contribution in [0.15, 0.2) is 24.3 Å². The van der Waals surface area contributed by atoms with E-state index in [0.717, 1.165) is 44.4 Å². The number of ether oxygens (including phenoxy) is 2. The van der Waals surface area contributed by atoms with Crippen LogP contribution in [0.25, 0.3) is 0 Å². The predicted molar refractivity (Wildman–Crippen MR) is 211 cm³/mol. The molecule has 0 spiro atoms. The zero-order chi connectivity index (χ0) is 38.2. The van der Waals surface area contributed by atoms with Crippen molar-refractivity contribution in [1.82, 2.24) is 0 Å². The number of carbonyl (C=O) groups is 3. The second kappa shape index (κ2) is 32.4. The van der Waals surface area contributed by atoms with Crippen molar-refractivity contribution in [3.8, 4) is 0 Å². The smallest absolute Gasteiger partial charge is 0.306 e. The molecule has 1 rings (SSSR count).